The molecule has 0 spiro atoms. The molecule has 0 amide bonds. The summed E-state index contributed by atoms with van der Waals surface area (Å²) in [6.07, 6.45) is 6.82. The lowest BCUT2D eigenvalue weighted by molar-refractivity contribution is -0.143. The molecule has 0 unspecified atom stereocenters. The Morgan fingerprint density at radius 3 is 2.45 bits per heavy atom. The predicted molar refractivity (Wildman–Crippen MR) is 96.7 cm³/mol. The summed E-state index contributed by atoms with van der Waals surface area (Å²) in [5.74, 6) is 0.773. The highest BCUT2D eigenvalue weighted by molar-refractivity contribution is 7.99. The second-order valence-electron chi connectivity index (χ2n) is 5.79. The first kappa shape index (κ1) is 21.1. The van der Waals surface area contributed by atoms with E-state index < -0.39 is 0 Å². The van der Waals surface area contributed by atoms with Crippen LogP contribution in [0.1, 0.15) is 52.9 Å². The van der Waals surface area contributed by atoms with Gasteiger partial charge in [0.25, 0.3) is 0 Å². The van der Waals surface area contributed by atoms with Crippen molar-refractivity contribution >= 4 is 23.7 Å². The van der Waals surface area contributed by atoms with Gasteiger partial charge in [-0.1, -0.05) is 12.8 Å². The zero-order valence-corrected chi connectivity index (χ0v) is 15.6. The van der Waals surface area contributed by atoms with E-state index in [4.69, 9.17) is 4.74 Å². The second kappa shape index (κ2) is 12.6. The van der Waals surface area contributed by atoms with Crippen LogP contribution in [0.4, 0.5) is 0 Å². The molecule has 0 aliphatic heterocycles. The number of nitrogens with one attached hydrogen (secondary N) is 2. The Morgan fingerprint density at radius 1 is 1.18 bits per heavy atom. The molecule has 0 rings (SSSR count). The molecule has 0 aliphatic rings. The maximum absolute atomic E-state index is 11.2. The van der Waals surface area contributed by atoms with Crippen LogP contribution < -0.4 is 10.6 Å². The largest absolute Gasteiger partial charge is 0.466 e. The lowest BCUT2D eigenvalue weighted by Crippen LogP contribution is -2.43. The summed E-state index contributed by atoms with van der Waals surface area (Å²) in [5.41, 5.74) is 0. The topological polar surface area (TPSA) is 62.7 Å². The van der Waals surface area contributed by atoms with Gasteiger partial charge in [0.05, 0.1) is 6.61 Å². The fourth-order valence-corrected chi connectivity index (χ4v) is 1.99. The number of thioether (sulfide) groups is 1. The minimum Gasteiger partial charge on any atom is -0.466 e. The summed E-state index contributed by atoms with van der Waals surface area (Å²) in [6, 6.07) is 0. The molecule has 0 aromatic heterocycles. The number of nitrogens with zero attached hydrogens (tertiary/aromatic N) is 1. The highest BCUT2D eigenvalue weighted by atomic mass is 32.2. The molecule has 130 valence electrons. The Bertz CT molecular complexity index is 333. The maximum Gasteiger partial charge on any atom is 0.305 e. The molecule has 5 nitrogen and oxygen atoms in total. The Morgan fingerprint density at radius 2 is 1.86 bits per heavy atom. The average molecular weight is 332 g/mol. The maximum atomic E-state index is 11.2. The number of hydrogen-bond donors (Lipinski definition) is 2. The van der Waals surface area contributed by atoms with Crippen LogP contribution in [0.15, 0.2) is 4.99 Å². The second-order valence-corrected chi connectivity index (χ2v) is 7.30. The van der Waals surface area contributed by atoms with Gasteiger partial charge in [-0.25, -0.2) is 0 Å². The summed E-state index contributed by atoms with van der Waals surface area (Å²) in [6.45, 7) is 8.52. The van der Waals surface area contributed by atoms with Crippen molar-refractivity contribution in [2.75, 3.05) is 33.0 Å². The van der Waals surface area contributed by atoms with Gasteiger partial charge in [0, 0.05) is 31.3 Å². The minimum absolute atomic E-state index is 0.0818. The van der Waals surface area contributed by atoms with E-state index in [2.05, 4.69) is 35.7 Å². The highest BCUT2D eigenvalue weighted by Crippen LogP contribution is 2.19. The summed E-state index contributed by atoms with van der Waals surface area (Å²) < 4.78 is 5.10. The Labute approximate surface area is 140 Å². The van der Waals surface area contributed by atoms with E-state index in [9.17, 15) is 4.79 Å². The molecule has 0 heterocycles. The first-order chi connectivity index (χ1) is 10.4. The van der Waals surface area contributed by atoms with Crippen LogP contribution in [0.5, 0.6) is 0 Å². The number of rotatable bonds is 11. The number of carbonyl (C=O) groups excluding carboxylic acids is 1. The Balaban J connectivity index is 3.62. The minimum atomic E-state index is -0.0818. The monoisotopic (exact) mass is 331 g/mol. The summed E-state index contributed by atoms with van der Waals surface area (Å²) in [5, 5.41) is 6.67. The zero-order valence-electron chi connectivity index (χ0n) is 14.8. The SMILES string of the molecule is CCOC(=O)CCCCCCNC(=NC)NCC(C)(C)SC. The lowest BCUT2D eigenvalue weighted by Gasteiger charge is -2.23. The highest BCUT2D eigenvalue weighted by Gasteiger charge is 2.15. The van der Waals surface area contributed by atoms with Crippen molar-refractivity contribution in [3.05, 3.63) is 0 Å². The first-order valence-corrected chi connectivity index (χ1v) is 9.33. The van der Waals surface area contributed by atoms with Crippen molar-refractivity contribution in [2.45, 2.75) is 57.6 Å². The third-order valence-electron chi connectivity index (χ3n) is 3.36. The molecular weight excluding hydrogens is 298 g/mol. The van der Waals surface area contributed by atoms with Crippen molar-refractivity contribution in [1.29, 1.82) is 0 Å². The van der Waals surface area contributed by atoms with E-state index in [-0.39, 0.29) is 10.7 Å². The molecule has 0 saturated heterocycles. The number of hydrogen-bond acceptors (Lipinski definition) is 4. The van der Waals surface area contributed by atoms with Crippen LogP contribution in [-0.2, 0) is 9.53 Å². The van der Waals surface area contributed by atoms with Crippen molar-refractivity contribution in [1.82, 2.24) is 10.6 Å². The van der Waals surface area contributed by atoms with Gasteiger partial charge in [-0.05, 0) is 39.9 Å². The van der Waals surface area contributed by atoms with E-state index in [1.165, 1.54) is 0 Å². The van der Waals surface area contributed by atoms with Gasteiger partial charge < -0.3 is 15.4 Å². The molecular formula is C16H33N3O2S. The van der Waals surface area contributed by atoms with Gasteiger partial charge in [0.1, 0.15) is 0 Å². The standard InChI is InChI=1S/C16H33N3O2S/c1-6-21-14(20)11-9-7-8-10-12-18-15(17-4)19-13-16(2,3)22-5/h6-13H2,1-5H3,(H2,17,18,19). The van der Waals surface area contributed by atoms with Crippen LogP contribution in [0.2, 0.25) is 0 Å². The van der Waals surface area contributed by atoms with Crippen molar-refractivity contribution in [2.24, 2.45) is 4.99 Å². The van der Waals surface area contributed by atoms with Crippen LogP contribution in [-0.4, -0.2) is 49.7 Å². The van der Waals surface area contributed by atoms with Gasteiger partial charge >= 0.3 is 5.97 Å². The Kier molecular flexibility index (Phi) is 12.1. The van der Waals surface area contributed by atoms with E-state index in [1.54, 1.807) is 7.05 Å². The smallest absolute Gasteiger partial charge is 0.305 e. The third-order valence-corrected chi connectivity index (χ3v) is 4.61. The molecule has 0 aliphatic carbocycles. The number of unbranched alkanes of at least 4 members (excludes halogenated alkanes) is 3. The predicted octanol–water partition coefficient (Wildman–Crippen LogP) is 2.81. The number of aliphatic imine (C=N–C) groups is 1. The lowest BCUT2D eigenvalue weighted by atomic mass is 10.1. The van der Waals surface area contributed by atoms with Crippen LogP contribution in [0, 0.1) is 0 Å². The zero-order chi connectivity index (χ0) is 16.8. The van der Waals surface area contributed by atoms with Crippen molar-refractivity contribution < 1.29 is 9.53 Å². The van der Waals surface area contributed by atoms with Crippen LogP contribution in [0.3, 0.4) is 0 Å². The normalized spacial score (nSPS) is 12.1. The fraction of sp³-hybridized carbons (Fsp3) is 0.875. The summed E-state index contributed by atoms with van der Waals surface area (Å²) in [7, 11) is 1.79. The molecule has 6 heteroatoms. The molecule has 0 atom stereocenters. The molecule has 0 fully saturated rings. The van der Waals surface area contributed by atoms with Crippen molar-refractivity contribution in [3.63, 3.8) is 0 Å². The van der Waals surface area contributed by atoms with E-state index >= 15 is 0 Å². The molecule has 0 radical (unpaired) electrons. The van der Waals surface area contributed by atoms with Gasteiger partial charge in [-0.15, -0.1) is 0 Å². The van der Waals surface area contributed by atoms with E-state index in [0.29, 0.717) is 13.0 Å². The number of ether oxygens (including phenoxy) is 1. The summed E-state index contributed by atoms with van der Waals surface area (Å²) >= 11 is 1.84. The fourth-order valence-electron chi connectivity index (χ4n) is 1.78. The van der Waals surface area contributed by atoms with Crippen LogP contribution >= 0.6 is 11.8 Å². The van der Waals surface area contributed by atoms with Crippen LogP contribution in [0.25, 0.3) is 0 Å². The molecule has 2 N–H and O–H groups in total. The molecule has 0 saturated carbocycles. The molecule has 0 aromatic rings. The average Bonchev–Trinajstić information content (AvgIpc) is 2.49. The van der Waals surface area contributed by atoms with Crippen molar-refractivity contribution in [3.8, 4) is 0 Å². The van der Waals surface area contributed by atoms with Gasteiger partial charge in [0.15, 0.2) is 5.96 Å². The molecule has 0 aromatic carbocycles. The van der Waals surface area contributed by atoms with Gasteiger partial charge in [-0.3, -0.25) is 9.79 Å². The number of guanidine groups is 1. The molecule has 0 bridgehead atoms. The Hall–Kier alpha value is -0.910. The third kappa shape index (κ3) is 11.7. The summed E-state index contributed by atoms with van der Waals surface area (Å²) in [4.78, 5) is 15.4. The molecule has 22 heavy (non-hydrogen) atoms. The van der Waals surface area contributed by atoms with Gasteiger partial charge in [-0.2, -0.15) is 11.8 Å². The quantitative estimate of drug-likeness (QED) is 0.264. The van der Waals surface area contributed by atoms with E-state index in [1.807, 2.05) is 18.7 Å². The number of esters is 1. The van der Waals surface area contributed by atoms with E-state index in [0.717, 1.165) is 44.7 Å². The number of carbonyl (C=O) groups is 1. The van der Waals surface area contributed by atoms with Gasteiger partial charge in [0.2, 0.25) is 0 Å². The first-order valence-electron chi connectivity index (χ1n) is 8.10.